The molecule has 0 aliphatic carbocycles. The quantitative estimate of drug-likeness (QED) is 0.331. The van der Waals surface area contributed by atoms with Crippen molar-refractivity contribution in [1.82, 2.24) is 9.80 Å². The smallest absolute Gasteiger partial charge is 0.276 e. The summed E-state index contributed by atoms with van der Waals surface area (Å²) in [5.74, 6) is 1.14. The zero-order valence-corrected chi connectivity index (χ0v) is 23.8. The highest BCUT2D eigenvalue weighted by Crippen LogP contribution is 2.20. The van der Waals surface area contributed by atoms with E-state index in [0.717, 1.165) is 34.9 Å². The van der Waals surface area contributed by atoms with Crippen LogP contribution in [0, 0.1) is 27.7 Å². The molecule has 0 aliphatic heterocycles. The van der Waals surface area contributed by atoms with Crippen LogP contribution in [-0.2, 0) is 0 Å². The molecule has 0 atom stereocenters. The van der Waals surface area contributed by atoms with E-state index in [9.17, 15) is 9.59 Å². The monoisotopic (exact) mass is 530 g/mol. The molecule has 36 heavy (non-hydrogen) atoms. The van der Waals surface area contributed by atoms with E-state index in [1.165, 1.54) is 22.3 Å². The van der Waals surface area contributed by atoms with Crippen LogP contribution >= 0.6 is 23.5 Å². The van der Waals surface area contributed by atoms with Crippen molar-refractivity contribution in [2.24, 2.45) is 21.5 Å². The minimum atomic E-state index is -0.402. The molecule has 0 unspecified atom stereocenters. The molecule has 0 saturated heterocycles. The van der Waals surface area contributed by atoms with Crippen LogP contribution in [0.5, 0.6) is 0 Å². The van der Waals surface area contributed by atoms with Gasteiger partial charge in [0.25, 0.3) is 10.5 Å². The molecule has 196 valence electrons. The zero-order chi connectivity index (χ0) is 27.3. The lowest BCUT2D eigenvalue weighted by molar-refractivity contribution is 0.266. The molecule has 4 N–H and O–H groups in total. The summed E-state index contributed by atoms with van der Waals surface area (Å²) in [4.78, 5) is 33.9. The number of nitrogens with two attached hydrogens (primary N) is 2. The maximum absolute atomic E-state index is 10.5. The van der Waals surface area contributed by atoms with Gasteiger partial charge in [-0.1, -0.05) is 58.9 Å². The predicted octanol–water partition coefficient (Wildman–Crippen LogP) is 5.41. The first kappa shape index (κ1) is 31.2. The number of rotatable bonds is 9. The minimum Gasteiger partial charge on any atom is -0.361 e. The summed E-state index contributed by atoms with van der Waals surface area (Å²) in [6.07, 6.45) is 3.56. The van der Waals surface area contributed by atoms with E-state index in [1.807, 2.05) is 43.1 Å². The number of nitrogens with zero attached hydrogens (tertiary/aromatic N) is 4. The second-order valence-electron chi connectivity index (χ2n) is 8.61. The van der Waals surface area contributed by atoms with E-state index in [0.29, 0.717) is 11.5 Å². The lowest BCUT2D eigenvalue weighted by Gasteiger charge is -2.22. The number of benzene rings is 2. The number of hydrogen-bond donors (Lipinski definition) is 2. The number of aryl methyl sites for hydroxylation is 4. The molecule has 10 heteroatoms. The van der Waals surface area contributed by atoms with Gasteiger partial charge in [-0.25, -0.2) is 9.98 Å². The zero-order valence-electron chi connectivity index (χ0n) is 22.2. The molecule has 0 heterocycles. The summed E-state index contributed by atoms with van der Waals surface area (Å²) in [5, 5.41) is -0.804. The van der Waals surface area contributed by atoms with E-state index < -0.39 is 10.5 Å². The molecule has 8 nitrogen and oxygen atoms in total. The second kappa shape index (κ2) is 16.0. The van der Waals surface area contributed by atoms with Crippen LogP contribution in [0.3, 0.4) is 0 Å². The molecule has 0 fully saturated rings. The Morgan fingerprint density at radius 1 is 0.806 bits per heavy atom. The average molecular weight is 531 g/mol. The first-order chi connectivity index (χ1) is 16.9. The summed E-state index contributed by atoms with van der Waals surface area (Å²) < 4.78 is 0. The average Bonchev–Trinajstić information content (AvgIpc) is 2.77. The minimum absolute atomic E-state index is 0.116. The number of carbonyl (C=O) groups excluding carboxylic acids is 2. The molecule has 0 radical (unpaired) electrons. The van der Waals surface area contributed by atoms with Gasteiger partial charge in [0.2, 0.25) is 0 Å². The standard InChI is InChI=1S/C19H23N3.C7H15N3O2S2/c1-14-6-8-18(16(3)10-14)20-12-22(5)13-21-19-9-7-15(2)11-17(19)4;1-10(2)5(3-13-6(8)11)4-14-7(9)12/h6-13H,1-5H3;5H,3-4H2,1-2H3,(H2,8,11)(H2,9,12)/b20-12+,21-13+;. The molecule has 0 aromatic heterocycles. The fourth-order valence-corrected chi connectivity index (χ4v) is 4.63. The Morgan fingerprint density at radius 3 is 1.50 bits per heavy atom. The van der Waals surface area contributed by atoms with Crippen LogP contribution in [0.1, 0.15) is 22.3 Å². The SMILES string of the molecule is CN(C)C(CSC(N)=O)CSC(N)=O.Cc1ccc(/N=C/N(C)/C=N/c2ccc(C)cc2C)c(C)c1. The molecule has 2 aromatic rings. The van der Waals surface area contributed by atoms with Crippen molar-refractivity contribution < 1.29 is 9.59 Å². The maximum atomic E-state index is 10.5. The first-order valence-corrected chi connectivity index (χ1v) is 13.3. The third kappa shape index (κ3) is 12.8. The maximum Gasteiger partial charge on any atom is 0.276 e. The number of amides is 2. The highest BCUT2D eigenvalue weighted by Gasteiger charge is 2.14. The van der Waals surface area contributed by atoms with Crippen LogP contribution < -0.4 is 11.5 Å². The Hall–Kier alpha value is -2.82. The van der Waals surface area contributed by atoms with Crippen molar-refractivity contribution in [3.63, 3.8) is 0 Å². The highest BCUT2D eigenvalue weighted by molar-refractivity contribution is 8.14. The van der Waals surface area contributed by atoms with Gasteiger partial charge >= 0.3 is 0 Å². The molecule has 0 aliphatic rings. The van der Waals surface area contributed by atoms with Gasteiger partial charge < -0.3 is 21.3 Å². The Bertz CT molecular complexity index is 993. The Balaban J connectivity index is 0.000000402. The predicted molar refractivity (Wildman–Crippen MR) is 157 cm³/mol. The highest BCUT2D eigenvalue weighted by atomic mass is 32.2. The van der Waals surface area contributed by atoms with Crippen molar-refractivity contribution in [2.45, 2.75) is 33.7 Å². The van der Waals surface area contributed by atoms with E-state index >= 15 is 0 Å². The molecular weight excluding hydrogens is 492 g/mol. The van der Waals surface area contributed by atoms with Gasteiger partial charge in [0.05, 0.1) is 24.1 Å². The van der Waals surface area contributed by atoms with Gasteiger partial charge in [-0.3, -0.25) is 9.59 Å². The van der Waals surface area contributed by atoms with Gasteiger partial charge in [-0.05, 0) is 65.0 Å². The van der Waals surface area contributed by atoms with Crippen molar-refractivity contribution in [3.05, 3.63) is 58.7 Å². The van der Waals surface area contributed by atoms with E-state index in [1.54, 1.807) is 12.7 Å². The van der Waals surface area contributed by atoms with Crippen LogP contribution in [0.15, 0.2) is 46.4 Å². The number of thioether (sulfide) groups is 2. The lowest BCUT2D eigenvalue weighted by Crippen LogP contribution is -2.34. The van der Waals surface area contributed by atoms with Crippen molar-refractivity contribution >= 4 is 58.1 Å². The topological polar surface area (TPSA) is 117 Å². The van der Waals surface area contributed by atoms with Crippen molar-refractivity contribution in [1.29, 1.82) is 0 Å². The number of aliphatic imine (C=N–C) groups is 2. The van der Waals surface area contributed by atoms with Gasteiger partial charge in [0.15, 0.2) is 0 Å². The molecule has 0 saturated carbocycles. The van der Waals surface area contributed by atoms with Gasteiger partial charge in [-0.2, -0.15) is 0 Å². The fourth-order valence-electron chi connectivity index (χ4n) is 2.94. The van der Waals surface area contributed by atoms with Gasteiger partial charge in [0, 0.05) is 24.6 Å². The third-order valence-electron chi connectivity index (χ3n) is 5.03. The van der Waals surface area contributed by atoms with Crippen LogP contribution in [0.2, 0.25) is 0 Å². The normalized spacial score (nSPS) is 11.2. The van der Waals surface area contributed by atoms with Crippen molar-refractivity contribution in [2.75, 3.05) is 32.6 Å². The Labute approximate surface area is 223 Å². The first-order valence-electron chi connectivity index (χ1n) is 11.3. The van der Waals surface area contributed by atoms with Gasteiger partial charge in [-0.15, -0.1) is 0 Å². The van der Waals surface area contributed by atoms with Crippen LogP contribution in [0.4, 0.5) is 21.0 Å². The van der Waals surface area contributed by atoms with Gasteiger partial charge in [0.1, 0.15) is 0 Å². The summed E-state index contributed by atoms with van der Waals surface area (Å²) >= 11 is 2.10. The van der Waals surface area contributed by atoms with Crippen molar-refractivity contribution in [3.8, 4) is 0 Å². The van der Waals surface area contributed by atoms with E-state index in [2.05, 4.69) is 61.9 Å². The van der Waals surface area contributed by atoms with Crippen LogP contribution in [0.25, 0.3) is 0 Å². The molecule has 2 rings (SSSR count). The van der Waals surface area contributed by atoms with E-state index in [-0.39, 0.29) is 6.04 Å². The Kier molecular flexibility index (Phi) is 13.9. The summed E-state index contributed by atoms with van der Waals surface area (Å²) in [6.45, 7) is 8.32. The molecule has 2 aromatic carbocycles. The third-order valence-corrected chi connectivity index (χ3v) is 6.70. The number of carbonyl (C=O) groups is 2. The largest absolute Gasteiger partial charge is 0.361 e. The summed E-state index contributed by atoms with van der Waals surface area (Å²) in [6, 6.07) is 12.6. The summed E-state index contributed by atoms with van der Waals surface area (Å²) in [5.41, 5.74) is 16.8. The number of primary amides is 2. The molecular formula is C26H38N6O2S2. The van der Waals surface area contributed by atoms with E-state index in [4.69, 9.17) is 11.5 Å². The fraction of sp³-hybridized carbons (Fsp3) is 0.385. The molecule has 2 amide bonds. The second-order valence-corrected chi connectivity index (χ2v) is 10.7. The number of hydrogen-bond acceptors (Lipinski definition) is 7. The summed E-state index contributed by atoms with van der Waals surface area (Å²) in [7, 11) is 5.70. The molecule has 0 spiro atoms. The molecule has 0 bridgehead atoms. The lowest BCUT2D eigenvalue weighted by atomic mass is 10.1. The Morgan fingerprint density at radius 2 is 1.19 bits per heavy atom. The van der Waals surface area contributed by atoms with Crippen LogP contribution in [-0.4, -0.2) is 71.6 Å².